The maximum Gasteiger partial charge on any atom is 0.156 e. The molecule has 2 heterocycles. The van der Waals surface area contributed by atoms with Crippen LogP contribution in [0.3, 0.4) is 0 Å². The van der Waals surface area contributed by atoms with Gasteiger partial charge in [-0.3, -0.25) is 0 Å². The van der Waals surface area contributed by atoms with Crippen molar-refractivity contribution in [3.63, 3.8) is 0 Å². The second-order valence-electron chi connectivity index (χ2n) is 7.97. The molecule has 5 nitrogen and oxygen atoms in total. The first-order chi connectivity index (χ1) is 15.9. The fraction of sp³-hybridized carbons (Fsp3) is 0.115. The van der Waals surface area contributed by atoms with Crippen LogP contribution in [-0.4, -0.2) is 24.6 Å². The van der Waals surface area contributed by atoms with Gasteiger partial charge >= 0.3 is 0 Å². The van der Waals surface area contributed by atoms with Crippen LogP contribution < -0.4 is 0 Å². The van der Waals surface area contributed by atoms with E-state index in [1.165, 1.54) is 0 Å². The predicted molar refractivity (Wildman–Crippen MR) is 131 cm³/mol. The summed E-state index contributed by atoms with van der Waals surface area (Å²) in [6.07, 6.45) is 3.34. The standard InChI is InChI=1S/C26H20Cl2N4O/c1-16-30-23-11-8-19(13-22(23)25(31-16)17-4-3-5-21(28)12-17)26(33,24-14-29-15-32(24)2)18-6-9-20(27)10-7-18/h3-15,33H,1-2H3. The molecule has 2 aromatic heterocycles. The Bertz CT molecular complexity index is 1480. The van der Waals surface area contributed by atoms with Crippen LogP contribution in [0.15, 0.2) is 79.3 Å². The van der Waals surface area contributed by atoms with Crippen molar-refractivity contribution in [1.29, 1.82) is 0 Å². The molecule has 164 valence electrons. The topological polar surface area (TPSA) is 63.8 Å². The molecule has 1 unspecified atom stereocenters. The van der Waals surface area contributed by atoms with Gasteiger partial charge in [0, 0.05) is 28.0 Å². The van der Waals surface area contributed by atoms with E-state index in [0.29, 0.717) is 32.7 Å². The number of aryl methyl sites for hydroxylation is 2. The molecule has 0 bridgehead atoms. The van der Waals surface area contributed by atoms with Crippen LogP contribution in [-0.2, 0) is 12.6 Å². The van der Waals surface area contributed by atoms with Crippen LogP contribution in [0.2, 0.25) is 10.0 Å². The van der Waals surface area contributed by atoms with Gasteiger partial charge < -0.3 is 9.67 Å². The molecule has 0 saturated heterocycles. The minimum atomic E-state index is -1.47. The number of aliphatic hydroxyl groups is 1. The third kappa shape index (κ3) is 3.78. The van der Waals surface area contributed by atoms with E-state index < -0.39 is 5.60 Å². The second-order valence-corrected chi connectivity index (χ2v) is 8.84. The quantitative estimate of drug-likeness (QED) is 0.350. The largest absolute Gasteiger partial charge is 0.374 e. The molecule has 3 aromatic carbocycles. The lowest BCUT2D eigenvalue weighted by Crippen LogP contribution is -2.31. The average Bonchev–Trinajstić information content (AvgIpc) is 3.24. The maximum atomic E-state index is 12.2. The van der Waals surface area contributed by atoms with Crippen LogP contribution in [0.5, 0.6) is 0 Å². The Morgan fingerprint density at radius 2 is 1.64 bits per heavy atom. The molecule has 1 N–H and O–H groups in total. The van der Waals surface area contributed by atoms with E-state index in [4.69, 9.17) is 28.2 Å². The summed E-state index contributed by atoms with van der Waals surface area (Å²) in [6, 6.07) is 20.5. The van der Waals surface area contributed by atoms with Gasteiger partial charge in [0.15, 0.2) is 5.60 Å². The van der Waals surface area contributed by atoms with Gasteiger partial charge in [-0.25, -0.2) is 15.0 Å². The molecule has 5 aromatic rings. The van der Waals surface area contributed by atoms with Gasteiger partial charge in [0.25, 0.3) is 0 Å². The molecule has 0 spiro atoms. The molecule has 33 heavy (non-hydrogen) atoms. The number of fused-ring (bicyclic) bond motifs is 1. The van der Waals surface area contributed by atoms with Gasteiger partial charge in [-0.05, 0) is 54.4 Å². The molecule has 0 radical (unpaired) electrons. The Morgan fingerprint density at radius 3 is 2.33 bits per heavy atom. The normalized spacial score (nSPS) is 13.2. The van der Waals surface area contributed by atoms with Crippen LogP contribution in [0.25, 0.3) is 22.2 Å². The number of benzene rings is 3. The van der Waals surface area contributed by atoms with Crippen molar-refractivity contribution in [3.05, 3.63) is 112 Å². The number of imidazole rings is 1. The first kappa shape index (κ1) is 21.6. The third-order valence-electron chi connectivity index (χ3n) is 5.77. The fourth-order valence-corrected chi connectivity index (χ4v) is 4.50. The summed E-state index contributed by atoms with van der Waals surface area (Å²) in [7, 11) is 1.86. The number of nitrogens with zero attached hydrogens (tertiary/aromatic N) is 4. The Morgan fingerprint density at radius 1 is 0.879 bits per heavy atom. The first-order valence-corrected chi connectivity index (χ1v) is 11.1. The van der Waals surface area contributed by atoms with E-state index >= 15 is 0 Å². The van der Waals surface area contributed by atoms with Crippen molar-refractivity contribution in [1.82, 2.24) is 19.5 Å². The molecule has 0 amide bonds. The smallest absolute Gasteiger partial charge is 0.156 e. The summed E-state index contributed by atoms with van der Waals surface area (Å²) >= 11 is 12.4. The summed E-state index contributed by atoms with van der Waals surface area (Å²) < 4.78 is 1.81. The highest BCUT2D eigenvalue weighted by molar-refractivity contribution is 6.31. The first-order valence-electron chi connectivity index (χ1n) is 10.4. The zero-order valence-corrected chi connectivity index (χ0v) is 19.5. The summed E-state index contributed by atoms with van der Waals surface area (Å²) in [5.74, 6) is 0.657. The third-order valence-corrected chi connectivity index (χ3v) is 6.26. The van der Waals surface area contributed by atoms with Crippen LogP contribution >= 0.6 is 23.2 Å². The Labute approximate surface area is 201 Å². The number of hydrogen-bond acceptors (Lipinski definition) is 4. The summed E-state index contributed by atoms with van der Waals surface area (Å²) in [5, 5.41) is 14.3. The molecule has 0 aliphatic carbocycles. The van der Waals surface area contributed by atoms with Gasteiger partial charge in [-0.2, -0.15) is 0 Å². The fourth-order valence-electron chi connectivity index (χ4n) is 4.18. The highest BCUT2D eigenvalue weighted by Crippen LogP contribution is 2.39. The van der Waals surface area contributed by atoms with Crippen molar-refractivity contribution in [3.8, 4) is 11.3 Å². The maximum absolute atomic E-state index is 12.2. The molecule has 0 fully saturated rings. The van der Waals surface area contributed by atoms with Crippen molar-refractivity contribution in [2.75, 3.05) is 0 Å². The van der Waals surface area contributed by atoms with E-state index in [9.17, 15) is 5.11 Å². The molecular weight excluding hydrogens is 455 g/mol. The number of aromatic nitrogens is 4. The Hall–Kier alpha value is -3.25. The van der Waals surface area contributed by atoms with Crippen LogP contribution in [0.1, 0.15) is 22.6 Å². The zero-order chi connectivity index (χ0) is 23.2. The van der Waals surface area contributed by atoms with Gasteiger partial charge in [0.1, 0.15) is 5.82 Å². The van der Waals surface area contributed by atoms with Gasteiger partial charge in [-0.1, -0.05) is 53.5 Å². The molecule has 7 heteroatoms. The zero-order valence-electron chi connectivity index (χ0n) is 18.0. The summed E-state index contributed by atoms with van der Waals surface area (Å²) in [4.78, 5) is 13.6. The average molecular weight is 475 g/mol. The van der Waals surface area contributed by atoms with Crippen LogP contribution in [0, 0.1) is 6.92 Å². The van der Waals surface area contributed by atoms with E-state index in [1.807, 2.05) is 73.1 Å². The van der Waals surface area contributed by atoms with E-state index in [1.54, 1.807) is 24.7 Å². The number of halogens is 2. The van der Waals surface area contributed by atoms with Crippen molar-refractivity contribution >= 4 is 34.1 Å². The monoisotopic (exact) mass is 474 g/mol. The predicted octanol–water partition coefficient (Wildman–Crippen LogP) is 5.93. The lowest BCUT2D eigenvalue weighted by Gasteiger charge is -2.30. The molecule has 0 aliphatic rings. The van der Waals surface area contributed by atoms with Crippen molar-refractivity contribution in [2.45, 2.75) is 12.5 Å². The SMILES string of the molecule is Cc1nc(-c2cccc(Cl)c2)c2cc(C(O)(c3ccc(Cl)cc3)c3cncn3C)ccc2n1. The van der Waals surface area contributed by atoms with E-state index in [-0.39, 0.29) is 0 Å². The highest BCUT2D eigenvalue weighted by Gasteiger charge is 2.37. The van der Waals surface area contributed by atoms with Gasteiger partial charge in [0.05, 0.1) is 29.4 Å². The molecule has 5 rings (SSSR count). The van der Waals surface area contributed by atoms with Gasteiger partial charge in [-0.15, -0.1) is 0 Å². The van der Waals surface area contributed by atoms with Crippen LogP contribution in [0.4, 0.5) is 0 Å². The molecule has 1 atom stereocenters. The molecule has 0 saturated carbocycles. The molecular formula is C26H20Cl2N4O. The lowest BCUT2D eigenvalue weighted by molar-refractivity contribution is 0.117. The Kier molecular flexibility index (Phi) is 5.41. The minimum absolute atomic E-state index is 0.594. The van der Waals surface area contributed by atoms with Crippen molar-refractivity contribution < 1.29 is 5.11 Å². The minimum Gasteiger partial charge on any atom is -0.374 e. The Balaban J connectivity index is 1.80. The molecule has 0 aliphatic heterocycles. The lowest BCUT2D eigenvalue weighted by atomic mass is 9.83. The van der Waals surface area contributed by atoms with Crippen molar-refractivity contribution in [2.24, 2.45) is 7.05 Å². The second kappa shape index (κ2) is 8.27. The number of rotatable bonds is 4. The summed E-state index contributed by atoms with van der Waals surface area (Å²) in [6.45, 7) is 1.86. The van der Waals surface area contributed by atoms with E-state index in [2.05, 4.69) is 9.97 Å². The van der Waals surface area contributed by atoms with Gasteiger partial charge in [0.2, 0.25) is 0 Å². The number of hydrogen-bond donors (Lipinski definition) is 1. The summed E-state index contributed by atoms with van der Waals surface area (Å²) in [5.41, 5.74) is 2.91. The van der Waals surface area contributed by atoms with E-state index in [0.717, 1.165) is 22.2 Å². The highest BCUT2D eigenvalue weighted by atomic mass is 35.5.